The molecule has 0 bridgehead atoms. The van der Waals surface area contributed by atoms with Gasteiger partial charge in [0, 0.05) is 38.6 Å². The molecule has 3 atom stereocenters. The first kappa shape index (κ1) is 10.3. The molecule has 1 aromatic heterocycles. The van der Waals surface area contributed by atoms with E-state index in [2.05, 4.69) is 21.5 Å². The number of aryl methyl sites for hydroxylation is 1. The van der Waals surface area contributed by atoms with Crippen LogP contribution in [0.5, 0.6) is 0 Å². The van der Waals surface area contributed by atoms with Gasteiger partial charge in [-0.15, -0.1) is 0 Å². The zero-order valence-electron chi connectivity index (χ0n) is 9.84. The molecule has 1 aromatic rings. The molecule has 1 aliphatic heterocycles. The highest BCUT2D eigenvalue weighted by molar-refractivity contribution is 4.98. The summed E-state index contributed by atoms with van der Waals surface area (Å²) < 4.78 is 2.11. The minimum atomic E-state index is 0.441. The number of likely N-dealkylation sites (tertiary alicyclic amines) is 1. The van der Waals surface area contributed by atoms with Gasteiger partial charge in [-0.1, -0.05) is 0 Å². The quantitative estimate of drug-likeness (QED) is 0.793. The summed E-state index contributed by atoms with van der Waals surface area (Å²) in [7, 11) is 2.06. The molecule has 1 saturated carbocycles. The number of imidazole rings is 1. The Morgan fingerprint density at radius 1 is 1.44 bits per heavy atom. The molecule has 2 aliphatic rings. The third-order valence-corrected chi connectivity index (χ3v) is 4.27. The summed E-state index contributed by atoms with van der Waals surface area (Å²) in [5.41, 5.74) is 6.14. The van der Waals surface area contributed by atoms with E-state index in [1.807, 2.05) is 12.4 Å². The van der Waals surface area contributed by atoms with Crippen LogP contribution in [0.1, 0.15) is 18.7 Å². The van der Waals surface area contributed by atoms with Crippen LogP contribution < -0.4 is 5.73 Å². The minimum Gasteiger partial charge on any atom is -0.337 e. The van der Waals surface area contributed by atoms with E-state index >= 15 is 0 Å². The van der Waals surface area contributed by atoms with Crippen LogP contribution in [-0.4, -0.2) is 33.6 Å². The largest absolute Gasteiger partial charge is 0.337 e. The van der Waals surface area contributed by atoms with Crippen molar-refractivity contribution in [2.24, 2.45) is 24.6 Å². The van der Waals surface area contributed by atoms with Gasteiger partial charge in [-0.25, -0.2) is 4.98 Å². The molecule has 2 N–H and O–H groups in total. The Morgan fingerprint density at radius 3 is 3.00 bits per heavy atom. The van der Waals surface area contributed by atoms with E-state index in [0.29, 0.717) is 6.04 Å². The fourth-order valence-electron chi connectivity index (χ4n) is 3.28. The highest BCUT2D eigenvalue weighted by atomic mass is 15.2. The molecule has 0 amide bonds. The molecule has 4 heteroatoms. The second-order valence-corrected chi connectivity index (χ2v) is 5.31. The summed E-state index contributed by atoms with van der Waals surface area (Å²) in [4.78, 5) is 6.89. The molecule has 3 unspecified atom stereocenters. The first-order valence-electron chi connectivity index (χ1n) is 6.18. The summed E-state index contributed by atoms with van der Waals surface area (Å²) in [6.45, 7) is 3.35. The Morgan fingerprint density at radius 2 is 2.31 bits per heavy atom. The molecule has 2 fully saturated rings. The van der Waals surface area contributed by atoms with Gasteiger partial charge in [-0.05, 0) is 24.7 Å². The molecule has 4 nitrogen and oxygen atoms in total. The molecule has 88 valence electrons. The predicted octanol–water partition coefficient (Wildman–Crippen LogP) is 0.589. The average Bonchev–Trinajstić information content (AvgIpc) is 2.90. The van der Waals surface area contributed by atoms with Gasteiger partial charge in [0.05, 0.1) is 6.54 Å². The van der Waals surface area contributed by atoms with E-state index in [1.165, 1.54) is 25.9 Å². The van der Waals surface area contributed by atoms with Crippen LogP contribution in [0.3, 0.4) is 0 Å². The van der Waals surface area contributed by atoms with Gasteiger partial charge in [0.15, 0.2) is 0 Å². The highest BCUT2D eigenvalue weighted by Gasteiger charge is 2.40. The van der Waals surface area contributed by atoms with Crippen LogP contribution >= 0.6 is 0 Å². The monoisotopic (exact) mass is 220 g/mol. The van der Waals surface area contributed by atoms with Crippen molar-refractivity contribution < 1.29 is 0 Å². The lowest BCUT2D eigenvalue weighted by Gasteiger charge is -2.17. The Kier molecular flexibility index (Phi) is 2.48. The van der Waals surface area contributed by atoms with Gasteiger partial charge in [0.2, 0.25) is 0 Å². The molecular weight excluding hydrogens is 200 g/mol. The Balaban J connectivity index is 1.65. The molecule has 1 aliphatic carbocycles. The van der Waals surface area contributed by atoms with Crippen LogP contribution in [0, 0.1) is 11.8 Å². The van der Waals surface area contributed by atoms with Crippen LogP contribution in [0.2, 0.25) is 0 Å². The molecule has 16 heavy (non-hydrogen) atoms. The summed E-state index contributed by atoms with van der Waals surface area (Å²) in [6.07, 6.45) is 6.43. The number of rotatable bonds is 2. The maximum Gasteiger partial charge on any atom is 0.122 e. The Bertz CT molecular complexity index is 373. The topological polar surface area (TPSA) is 47.1 Å². The normalized spacial score (nSPS) is 34.5. The second-order valence-electron chi connectivity index (χ2n) is 5.31. The Labute approximate surface area is 96.4 Å². The van der Waals surface area contributed by atoms with Gasteiger partial charge in [-0.3, -0.25) is 4.90 Å². The highest BCUT2D eigenvalue weighted by Crippen LogP contribution is 2.37. The third-order valence-electron chi connectivity index (χ3n) is 4.27. The van der Waals surface area contributed by atoms with Crippen molar-refractivity contribution in [2.45, 2.75) is 25.4 Å². The molecule has 1 saturated heterocycles. The second kappa shape index (κ2) is 3.86. The van der Waals surface area contributed by atoms with E-state index in [1.54, 1.807) is 0 Å². The third kappa shape index (κ3) is 1.66. The van der Waals surface area contributed by atoms with E-state index < -0.39 is 0 Å². The van der Waals surface area contributed by atoms with Crippen molar-refractivity contribution in [3.05, 3.63) is 18.2 Å². The summed E-state index contributed by atoms with van der Waals surface area (Å²) in [6, 6.07) is 0.441. The standard InChI is InChI=1S/C12H20N4/c1-15-5-4-14-12(15)8-16-6-9-2-3-11(13)10(9)7-16/h4-5,9-11H,2-3,6-8,13H2,1H3. The molecule has 0 radical (unpaired) electrons. The number of aromatic nitrogens is 2. The molecule has 0 aromatic carbocycles. The maximum atomic E-state index is 6.14. The molecule has 0 spiro atoms. The number of hydrogen-bond acceptors (Lipinski definition) is 3. The van der Waals surface area contributed by atoms with Crippen molar-refractivity contribution >= 4 is 0 Å². The van der Waals surface area contributed by atoms with Crippen LogP contribution in [-0.2, 0) is 13.6 Å². The van der Waals surface area contributed by atoms with Crippen molar-refractivity contribution in [1.29, 1.82) is 0 Å². The van der Waals surface area contributed by atoms with Crippen LogP contribution in [0.15, 0.2) is 12.4 Å². The SMILES string of the molecule is Cn1ccnc1CN1CC2CCC(N)C2C1. The molecular formula is C12H20N4. The van der Waals surface area contributed by atoms with Crippen molar-refractivity contribution in [3.63, 3.8) is 0 Å². The smallest absolute Gasteiger partial charge is 0.122 e. The Hall–Kier alpha value is -0.870. The van der Waals surface area contributed by atoms with E-state index in [-0.39, 0.29) is 0 Å². The van der Waals surface area contributed by atoms with Gasteiger partial charge in [0.1, 0.15) is 5.82 Å². The van der Waals surface area contributed by atoms with Gasteiger partial charge in [-0.2, -0.15) is 0 Å². The summed E-state index contributed by atoms with van der Waals surface area (Å²) >= 11 is 0. The number of nitrogens with zero attached hydrogens (tertiary/aromatic N) is 3. The van der Waals surface area contributed by atoms with Crippen molar-refractivity contribution in [2.75, 3.05) is 13.1 Å². The van der Waals surface area contributed by atoms with Gasteiger partial charge in [0.25, 0.3) is 0 Å². The minimum absolute atomic E-state index is 0.441. The number of hydrogen-bond donors (Lipinski definition) is 1. The lowest BCUT2D eigenvalue weighted by atomic mass is 9.98. The summed E-state index contributed by atoms with van der Waals surface area (Å²) in [5.74, 6) is 2.74. The lowest BCUT2D eigenvalue weighted by Crippen LogP contribution is -2.30. The molecule has 3 rings (SSSR count). The first-order valence-corrected chi connectivity index (χ1v) is 6.18. The van der Waals surface area contributed by atoms with E-state index in [4.69, 9.17) is 5.73 Å². The maximum absolute atomic E-state index is 6.14. The van der Waals surface area contributed by atoms with E-state index in [9.17, 15) is 0 Å². The zero-order valence-corrected chi connectivity index (χ0v) is 9.84. The van der Waals surface area contributed by atoms with Crippen molar-refractivity contribution in [3.8, 4) is 0 Å². The number of fused-ring (bicyclic) bond motifs is 1. The lowest BCUT2D eigenvalue weighted by molar-refractivity contribution is 0.288. The van der Waals surface area contributed by atoms with Gasteiger partial charge >= 0.3 is 0 Å². The predicted molar refractivity (Wildman–Crippen MR) is 62.7 cm³/mol. The first-order chi connectivity index (χ1) is 7.74. The number of nitrogens with two attached hydrogens (primary N) is 1. The fraction of sp³-hybridized carbons (Fsp3) is 0.750. The van der Waals surface area contributed by atoms with E-state index in [0.717, 1.165) is 24.2 Å². The van der Waals surface area contributed by atoms with Crippen molar-refractivity contribution in [1.82, 2.24) is 14.5 Å². The van der Waals surface area contributed by atoms with Gasteiger partial charge < -0.3 is 10.3 Å². The molecule has 2 heterocycles. The van der Waals surface area contributed by atoms with Crippen LogP contribution in [0.4, 0.5) is 0 Å². The fourth-order valence-corrected chi connectivity index (χ4v) is 3.28. The zero-order chi connectivity index (χ0) is 11.1. The summed E-state index contributed by atoms with van der Waals surface area (Å²) in [5, 5.41) is 0. The van der Waals surface area contributed by atoms with Crippen LogP contribution in [0.25, 0.3) is 0 Å². The average molecular weight is 220 g/mol.